The van der Waals surface area contributed by atoms with Crippen LogP contribution in [-0.2, 0) is 4.57 Å². The molecule has 0 bridgehead atoms. The molecular formula is C38H23OP. The molecule has 0 aromatic heterocycles. The van der Waals surface area contributed by atoms with Crippen LogP contribution in [0.5, 0.6) is 0 Å². The topological polar surface area (TPSA) is 17.1 Å². The number of benzene rings is 9. The highest BCUT2D eigenvalue weighted by molar-refractivity contribution is 7.85. The number of rotatable bonds is 3. The maximum absolute atomic E-state index is 15.8. The molecule has 0 heterocycles. The van der Waals surface area contributed by atoms with Crippen molar-refractivity contribution in [1.29, 1.82) is 0 Å². The molecule has 2 heteroatoms. The molecule has 1 nitrogen and oxygen atoms in total. The standard InChI is InChI=1S/C38H23OP/c39-40(32-10-2-1-3-11-32,33-20-28-16-12-24-6-4-7-25-13-17-29(21-33)37(28)35(24)25)34-22-30-18-14-26-8-5-9-27-15-19-31(23-34)38(30)36(26)27/h1-23H. The van der Waals surface area contributed by atoms with Crippen LogP contribution < -0.4 is 15.9 Å². The molecule has 0 saturated carbocycles. The van der Waals surface area contributed by atoms with Crippen LogP contribution >= 0.6 is 7.14 Å². The molecule has 9 aromatic rings. The lowest BCUT2D eigenvalue weighted by molar-refractivity contribution is 0.592. The third-order valence-electron chi connectivity index (χ3n) is 8.74. The van der Waals surface area contributed by atoms with Crippen LogP contribution in [0, 0.1) is 0 Å². The zero-order valence-electron chi connectivity index (χ0n) is 21.6. The minimum atomic E-state index is -3.21. The zero-order chi connectivity index (χ0) is 26.4. The van der Waals surface area contributed by atoms with Gasteiger partial charge in [0.25, 0.3) is 0 Å². The van der Waals surface area contributed by atoms with Crippen molar-refractivity contribution < 1.29 is 4.57 Å². The van der Waals surface area contributed by atoms with Crippen molar-refractivity contribution >= 4 is 87.7 Å². The van der Waals surface area contributed by atoms with Crippen molar-refractivity contribution in [2.45, 2.75) is 0 Å². The van der Waals surface area contributed by atoms with Crippen molar-refractivity contribution in [1.82, 2.24) is 0 Å². The third kappa shape index (κ3) is 2.91. The summed E-state index contributed by atoms with van der Waals surface area (Å²) in [7, 11) is -3.21. The van der Waals surface area contributed by atoms with E-state index in [2.05, 4.69) is 109 Å². The average molecular weight is 527 g/mol. The Hall–Kier alpha value is -4.71. The number of hydrogen-bond acceptors (Lipinski definition) is 1. The van der Waals surface area contributed by atoms with Gasteiger partial charge in [0.1, 0.15) is 0 Å². The summed E-state index contributed by atoms with van der Waals surface area (Å²) in [5.41, 5.74) is 0. The van der Waals surface area contributed by atoms with Crippen LogP contribution in [0.1, 0.15) is 0 Å². The first-order chi connectivity index (χ1) is 19.7. The summed E-state index contributed by atoms with van der Waals surface area (Å²) in [4.78, 5) is 0. The monoisotopic (exact) mass is 526 g/mol. The third-order valence-corrected chi connectivity index (χ3v) is 11.7. The van der Waals surface area contributed by atoms with Crippen LogP contribution in [0.15, 0.2) is 140 Å². The van der Waals surface area contributed by atoms with E-state index in [0.717, 1.165) is 37.5 Å². The minimum Gasteiger partial charge on any atom is -0.309 e. The molecule has 0 unspecified atom stereocenters. The van der Waals surface area contributed by atoms with Crippen molar-refractivity contribution in [2.24, 2.45) is 0 Å². The summed E-state index contributed by atoms with van der Waals surface area (Å²) in [5.74, 6) is 0. The molecule has 0 N–H and O–H groups in total. The first-order valence-corrected chi connectivity index (χ1v) is 15.4. The van der Waals surface area contributed by atoms with Gasteiger partial charge < -0.3 is 4.57 Å². The van der Waals surface area contributed by atoms with Gasteiger partial charge in [0.05, 0.1) is 0 Å². The van der Waals surface area contributed by atoms with Crippen molar-refractivity contribution in [3.8, 4) is 0 Å². The van der Waals surface area contributed by atoms with E-state index < -0.39 is 7.14 Å². The van der Waals surface area contributed by atoms with E-state index in [1.807, 2.05) is 30.3 Å². The molecule has 0 fully saturated rings. The van der Waals surface area contributed by atoms with Crippen LogP contribution in [0.3, 0.4) is 0 Å². The Balaban J connectivity index is 1.38. The second-order valence-corrected chi connectivity index (χ2v) is 13.7. The largest absolute Gasteiger partial charge is 0.309 e. The van der Waals surface area contributed by atoms with Gasteiger partial charge in [-0.05, 0) is 88.9 Å². The van der Waals surface area contributed by atoms with Crippen LogP contribution in [-0.4, -0.2) is 0 Å². The van der Waals surface area contributed by atoms with Crippen LogP contribution in [0.25, 0.3) is 64.6 Å². The summed E-state index contributed by atoms with van der Waals surface area (Å²) in [5, 5.41) is 17.1. The Labute approximate surface area is 231 Å². The summed E-state index contributed by atoms with van der Waals surface area (Å²) >= 11 is 0. The van der Waals surface area contributed by atoms with Gasteiger partial charge in [-0.1, -0.05) is 115 Å². The van der Waals surface area contributed by atoms with Gasteiger partial charge in [-0.15, -0.1) is 0 Å². The highest BCUT2D eigenvalue weighted by Crippen LogP contribution is 2.46. The Kier molecular flexibility index (Phi) is 4.38. The van der Waals surface area contributed by atoms with Gasteiger partial charge in [-0.3, -0.25) is 0 Å². The van der Waals surface area contributed by atoms with E-state index >= 15 is 4.57 Å². The highest BCUT2D eigenvalue weighted by atomic mass is 31.2. The molecule has 9 aromatic carbocycles. The highest BCUT2D eigenvalue weighted by Gasteiger charge is 2.31. The fourth-order valence-electron chi connectivity index (χ4n) is 6.92. The normalized spacial score (nSPS) is 12.6. The first kappa shape index (κ1) is 22.1. The smallest absolute Gasteiger partial charge is 0.171 e. The summed E-state index contributed by atoms with van der Waals surface area (Å²) < 4.78 is 15.8. The minimum absolute atomic E-state index is 0.857. The second-order valence-electron chi connectivity index (χ2n) is 10.9. The molecule has 0 aliphatic rings. The summed E-state index contributed by atoms with van der Waals surface area (Å²) in [6, 6.07) is 49.1. The summed E-state index contributed by atoms with van der Waals surface area (Å²) in [6.45, 7) is 0. The predicted octanol–water partition coefficient (Wildman–Crippen LogP) is 9.12. The van der Waals surface area contributed by atoms with Crippen molar-refractivity contribution in [3.05, 3.63) is 140 Å². The van der Waals surface area contributed by atoms with Crippen LogP contribution in [0.2, 0.25) is 0 Å². The van der Waals surface area contributed by atoms with Gasteiger partial charge in [-0.2, -0.15) is 0 Å². The average Bonchev–Trinajstić information content (AvgIpc) is 3.02. The quantitative estimate of drug-likeness (QED) is 0.166. The predicted molar refractivity (Wildman–Crippen MR) is 173 cm³/mol. The fourth-order valence-corrected chi connectivity index (χ4v) is 9.69. The van der Waals surface area contributed by atoms with E-state index in [4.69, 9.17) is 0 Å². The maximum atomic E-state index is 15.8. The molecule has 186 valence electrons. The fraction of sp³-hybridized carbons (Fsp3) is 0. The van der Waals surface area contributed by atoms with Gasteiger partial charge >= 0.3 is 0 Å². The Morgan fingerprint density at radius 1 is 0.300 bits per heavy atom. The SMILES string of the molecule is O=P(c1ccccc1)(c1cc2ccc3cccc4ccc(c1)c2c34)c1cc2ccc3cccc4ccc(c1)c2c34. The van der Waals surface area contributed by atoms with E-state index in [0.29, 0.717) is 0 Å². The first-order valence-electron chi connectivity index (χ1n) is 13.7. The van der Waals surface area contributed by atoms with E-state index in [1.54, 1.807) is 0 Å². The molecule has 0 saturated heterocycles. The molecule has 0 spiro atoms. The molecule has 40 heavy (non-hydrogen) atoms. The lowest BCUT2D eigenvalue weighted by atomic mass is 9.94. The van der Waals surface area contributed by atoms with Crippen molar-refractivity contribution in [3.63, 3.8) is 0 Å². The molecule has 0 aliphatic carbocycles. The molecule has 0 amide bonds. The Bertz CT molecular complexity index is 2180. The zero-order valence-corrected chi connectivity index (χ0v) is 22.5. The van der Waals surface area contributed by atoms with Gasteiger partial charge in [-0.25, -0.2) is 0 Å². The van der Waals surface area contributed by atoms with E-state index in [9.17, 15) is 0 Å². The van der Waals surface area contributed by atoms with E-state index in [1.165, 1.54) is 43.1 Å². The lowest BCUT2D eigenvalue weighted by Gasteiger charge is -2.23. The van der Waals surface area contributed by atoms with E-state index in [-0.39, 0.29) is 0 Å². The summed E-state index contributed by atoms with van der Waals surface area (Å²) in [6.07, 6.45) is 0. The second kappa shape index (κ2) is 7.92. The van der Waals surface area contributed by atoms with Gasteiger partial charge in [0, 0.05) is 15.9 Å². The maximum Gasteiger partial charge on any atom is 0.171 e. The number of hydrogen-bond donors (Lipinski definition) is 0. The van der Waals surface area contributed by atoms with Gasteiger partial charge in [0.2, 0.25) is 0 Å². The molecule has 0 aliphatic heterocycles. The lowest BCUT2D eigenvalue weighted by Crippen LogP contribution is -2.25. The molecule has 9 rings (SSSR count). The Morgan fingerprint density at radius 3 is 1.00 bits per heavy atom. The van der Waals surface area contributed by atoms with Crippen LogP contribution in [0.4, 0.5) is 0 Å². The molecular weight excluding hydrogens is 503 g/mol. The molecule has 0 atom stereocenters. The Morgan fingerprint density at radius 2 is 0.625 bits per heavy atom. The van der Waals surface area contributed by atoms with Crippen molar-refractivity contribution in [2.75, 3.05) is 0 Å². The molecule has 0 radical (unpaired) electrons. The van der Waals surface area contributed by atoms with Gasteiger partial charge in [0.15, 0.2) is 7.14 Å².